The number of H-pyrrole nitrogens is 1. The molecule has 0 saturated carbocycles. The van der Waals surface area contributed by atoms with Crippen LogP contribution in [0.5, 0.6) is 0 Å². The molecule has 47 heavy (non-hydrogen) atoms. The van der Waals surface area contributed by atoms with Crippen LogP contribution in [0.4, 0.5) is 10.5 Å². The predicted octanol–water partition coefficient (Wildman–Crippen LogP) is 5.75. The number of benzene rings is 3. The Morgan fingerprint density at radius 2 is 1.70 bits per heavy atom. The Kier molecular flexibility index (Phi) is 10.1. The summed E-state index contributed by atoms with van der Waals surface area (Å²) in [5, 5.41) is 9.45. The highest BCUT2D eigenvalue weighted by Crippen LogP contribution is 2.28. The summed E-state index contributed by atoms with van der Waals surface area (Å²) in [6.45, 7) is 7.44. The van der Waals surface area contributed by atoms with Crippen LogP contribution in [0, 0.1) is 0 Å². The second kappa shape index (κ2) is 14.2. The zero-order valence-electron chi connectivity index (χ0n) is 27.6. The van der Waals surface area contributed by atoms with Crippen LogP contribution < -0.4 is 16.0 Å². The number of rotatable bonds is 10. The number of Topliss-reactive ketones (excluding diaryl/α,β-unsaturated/α-hetero) is 1. The van der Waals surface area contributed by atoms with Crippen molar-refractivity contribution in [1.82, 2.24) is 20.5 Å². The molecule has 0 spiro atoms. The summed E-state index contributed by atoms with van der Waals surface area (Å²) in [7, 11) is 1.77. The average Bonchev–Trinajstić information content (AvgIpc) is 3.69. The van der Waals surface area contributed by atoms with Crippen LogP contribution in [0.25, 0.3) is 22.2 Å². The highest BCUT2D eigenvalue weighted by Gasteiger charge is 2.37. The minimum atomic E-state index is -0.781. The topological polar surface area (TPSA) is 133 Å². The van der Waals surface area contributed by atoms with E-state index in [9.17, 15) is 19.2 Å². The quantitative estimate of drug-likeness (QED) is 0.175. The molecule has 2 heterocycles. The number of anilines is 1. The normalized spacial score (nSPS) is 16.0. The van der Waals surface area contributed by atoms with Crippen molar-refractivity contribution in [1.29, 1.82) is 0 Å². The second-order valence-electron chi connectivity index (χ2n) is 13.0. The molecular formula is C37H43N5O5. The van der Waals surface area contributed by atoms with Crippen LogP contribution >= 0.6 is 0 Å². The molecule has 0 aliphatic carbocycles. The summed E-state index contributed by atoms with van der Waals surface area (Å²) < 4.78 is 5.22. The van der Waals surface area contributed by atoms with Gasteiger partial charge in [-0.3, -0.25) is 14.4 Å². The van der Waals surface area contributed by atoms with E-state index in [2.05, 4.69) is 20.9 Å². The van der Waals surface area contributed by atoms with Gasteiger partial charge in [0.05, 0.1) is 6.04 Å². The minimum Gasteiger partial charge on any atom is -0.444 e. The summed E-state index contributed by atoms with van der Waals surface area (Å²) in [5.41, 5.74) is 4.48. The summed E-state index contributed by atoms with van der Waals surface area (Å²) in [4.78, 5) is 56.8. The highest BCUT2D eigenvalue weighted by molar-refractivity contribution is 5.97. The molecule has 5 rings (SSSR count). The van der Waals surface area contributed by atoms with E-state index in [0.717, 1.165) is 39.7 Å². The highest BCUT2D eigenvalue weighted by atomic mass is 16.6. The lowest BCUT2D eigenvalue weighted by atomic mass is 9.99. The van der Waals surface area contributed by atoms with Crippen LogP contribution in [-0.4, -0.2) is 64.9 Å². The third-order valence-electron chi connectivity index (χ3n) is 8.23. The van der Waals surface area contributed by atoms with E-state index < -0.39 is 29.8 Å². The SMILES string of the molecule is CN[C@@H](C(=O)N1CCC[C@H]1C(=O)Cc1ccc2[nH]c(-c3ccc(NC(=O)[C@H](C)NC(=O)OC(C)(C)C)cc3)cc2c1)c1ccccc1. The van der Waals surface area contributed by atoms with Gasteiger partial charge in [0.1, 0.15) is 17.7 Å². The van der Waals surface area contributed by atoms with E-state index in [4.69, 9.17) is 4.74 Å². The summed E-state index contributed by atoms with van der Waals surface area (Å²) in [6, 6.07) is 23.3. The summed E-state index contributed by atoms with van der Waals surface area (Å²) in [5.74, 6) is -0.389. The Balaban J connectivity index is 1.21. The number of carbonyl (C=O) groups excluding carboxylic acids is 4. The fourth-order valence-corrected chi connectivity index (χ4v) is 5.91. The molecule has 3 aromatic carbocycles. The lowest BCUT2D eigenvalue weighted by Crippen LogP contribution is -2.46. The standard InChI is InChI=1S/C37H43N5O5/c1-23(39-36(46)47-37(2,3)4)34(44)40-28-16-14-25(15-17-28)30-22-27-20-24(13-18-29(27)41-30)21-32(43)31-12-9-19-42(31)35(45)33(38-5)26-10-7-6-8-11-26/h6-8,10-11,13-18,20,22-23,31,33,38,41H,9,12,19,21H2,1-5H3,(H,39,46)(H,40,44)/t23-,31-,33+/m0/s1. The van der Waals surface area contributed by atoms with E-state index in [-0.39, 0.29) is 24.0 Å². The Bertz CT molecular complexity index is 1740. The van der Waals surface area contributed by atoms with Gasteiger partial charge in [0.2, 0.25) is 11.8 Å². The number of nitrogens with zero attached hydrogens (tertiary/aromatic N) is 1. The molecule has 0 radical (unpaired) electrons. The number of aromatic amines is 1. The van der Waals surface area contributed by atoms with Gasteiger partial charge in [0, 0.05) is 35.2 Å². The molecule has 1 aliphatic rings. The number of fused-ring (bicyclic) bond motifs is 1. The van der Waals surface area contributed by atoms with Crippen molar-refractivity contribution in [2.45, 2.75) is 70.7 Å². The van der Waals surface area contributed by atoms with Crippen molar-refractivity contribution in [2.24, 2.45) is 0 Å². The zero-order valence-corrected chi connectivity index (χ0v) is 27.6. The molecule has 0 unspecified atom stereocenters. The van der Waals surface area contributed by atoms with E-state index in [1.165, 1.54) is 0 Å². The number of hydrogen-bond donors (Lipinski definition) is 4. The smallest absolute Gasteiger partial charge is 0.408 e. The molecule has 10 nitrogen and oxygen atoms in total. The van der Waals surface area contributed by atoms with Crippen LogP contribution in [0.2, 0.25) is 0 Å². The van der Waals surface area contributed by atoms with E-state index in [1.54, 1.807) is 51.8 Å². The molecule has 3 atom stereocenters. The first kappa shape index (κ1) is 33.4. The minimum absolute atomic E-state index is 0.0436. The van der Waals surface area contributed by atoms with Crippen molar-refractivity contribution >= 4 is 40.3 Å². The number of nitrogens with one attached hydrogen (secondary N) is 4. The van der Waals surface area contributed by atoms with Gasteiger partial charge < -0.3 is 30.6 Å². The maximum absolute atomic E-state index is 13.5. The van der Waals surface area contributed by atoms with Gasteiger partial charge in [0.25, 0.3) is 0 Å². The number of ketones is 1. The van der Waals surface area contributed by atoms with Crippen LogP contribution in [-0.2, 0) is 25.5 Å². The number of alkyl carbamates (subject to hydrolysis) is 1. The molecule has 1 aromatic heterocycles. The van der Waals surface area contributed by atoms with E-state index in [0.29, 0.717) is 18.7 Å². The van der Waals surface area contributed by atoms with Crippen molar-refractivity contribution in [3.8, 4) is 11.3 Å². The van der Waals surface area contributed by atoms with E-state index in [1.807, 2.05) is 66.7 Å². The van der Waals surface area contributed by atoms with Crippen LogP contribution in [0.3, 0.4) is 0 Å². The van der Waals surface area contributed by atoms with Crippen LogP contribution in [0.1, 0.15) is 57.7 Å². The molecule has 0 bridgehead atoms. The molecule has 10 heteroatoms. The number of carbonyl (C=O) groups is 4. The number of aromatic nitrogens is 1. The monoisotopic (exact) mass is 637 g/mol. The van der Waals surface area contributed by atoms with Gasteiger partial charge in [-0.2, -0.15) is 0 Å². The lowest BCUT2D eigenvalue weighted by molar-refractivity contribution is -0.139. The number of amides is 3. The summed E-state index contributed by atoms with van der Waals surface area (Å²) >= 11 is 0. The largest absolute Gasteiger partial charge is 0.444 e. The Labute approximate surface area is 275 Å². The molecule has 1 saturated heterocycles. The molecule has 4 aromatic rings. The number of likely N-dealkylation sites (N-methyl/N-ethyl adjacent to an activating group) is 1. The Hall–Kier alpha value is -4.96. The van der Waals surface area contributed by atoms with Gasteiger partial charge in [-0.05, 0) is 94.6 Å². The number of ether oxygens (including phenoxy) is 1. The van der Waals surface area contributed by atoms with Gasteiger partial charge in [-0.15, -0.1) is 0 Å². The second-order valence-corrected chi connectivity index (χ2v) is 13.0. The van der Waals surface area contributed by atoms with Gasteiger partial charge in [-0.1, -0.05) is 48.5 Å². The van der Waals surface area contributed by atoms with Gasteiger partial charge in [-0.25, -0.2) is 4.79 Å². The fourth-order valence-electron chi connectivity index (χ4n) is 5.91. The predicted molar refractivity (Wildman–Crippen MR) is 183 cm³/mol. The van der Waals surface area contributed by atoms with Crippen molar-refractivity contribution in [3.05, 3.63) is 90.0 Å². The third kappa shape index (κ3) is 8.26. The molecular weight excluding hydrogens is 594 g/mol. The maximum atomic E-state index is 13.5. The van der Waals surface area contributed by atoms with Gasteiger partial charge in [0.15, 0.2) is 5.78 Å². The Morgan fingerprint density at radius 1 is 0.979 bits per heavy atom. The first-order valence-corrected chi connectivity index (χ1v) is 16.0. The zero-order chi connectivity index (χ0) is 33.7. The third-order valence-corrected chi connectivity index (χ3v) is 8.23. The van der Waals surface area contributed by atoms with Crippen LogP contribution in [0.15, 0.2) is 78.9 Å². The molecule has 3 amide bonds. The number of likely N-dealkylation sites (tertiary alicyclic amines) is 1. The number of hydrogen-bond acceptors (Lipinski definition) is 6. The average molecular weight is 638 g/mol. The molecule has 246 valence electrons. The molecule has 1 fully saturated rings. The maximum Gasteiger partial charge on any atom is 0.408 e. The van der Waals surface area contributed by atoms with Crippen molar-refractivity contribution < 1.29 is 23.9 Å². The van der Waals surface area contributed by atoms with Gasteiger partial charge >= 0.3 is 6.09 Å². The lowest BCUT2D eigenvalue weighted by Gasteiger charge is -2.28. The van der Waals surface area contributed by atoms with E-state index >= 15 is 0 Å². The summed E-state index contributed by atoms with van der Waals surface area (Å²) in [6.07, 6.45) is 1.06. The fraction of sp³-hybridized carbons (Fsp3) is 0.351. The first-order chi connectivity index (χ1) is 22.4. The Morgan fingerprint density at radius 3 is 2.38 bits per heavy atom. The van der Waals surface area contributed by atoms with Crippen molar-refractivity contribution in [2.75, 3.05) is 18.9 Å². The first-order valence-electron chi connectivity index (χ1n) is 16.0. The molecule has 1 aliphatic heterocycles. The molecule has 4 N–H and O–H groups in total. The van der Waals surface area contributed by atoms with Crippen molar-refractivity contribution in [3.63, 3.8) is 0 Å².